The molecule has 0 aliphatic heterocycles. The van der Waals surface area contributed by atoms with E-state index in [1.54, 1.807) is 20.8 Å². The van der Waals surface area contributed by atoms with Gasteiger partial charge >= 0.3 is 12.0 Å². The van der Waals surface area contributed by atoms with Crippen LogP contribution < -0.4 is 11.1 Å². The standard InChI is InChI=1S/C18H27N3O4/c1-18(2,3)25-16(23)13-21(12-10-15(22)20-17(19)24)11-9-14-7-5-4-6-8-14/h4-8H,9-13H2,1-3H3,(H3,19,20,22,24). The van der Waals surface area contributed by atoms with Crippen LogP contribution in [0.1, 0.15) is 32.8 Å². The van der Waals surface area contributed by atoms with Crippen LogP contribution >= 0.6 is 0 Å². The summed E-state index contributed by atoms with van der Waals surface area (Å²) in [5.74, 6) is -0.822. The Morgan fingerprint density at radius 1 is 1.12 bits per heavy atom. The summed E-state index contributed by atoms with van der Waals surface area (Å²) in [6.07, 6.45) is 0.807. The van der Waals surface area contributed by atoms with Crippen LogP contribution in [0.15, 0.2) is 30.3 Å². The van der Waals surface area contributed by atoms with Crippen molar-refractivity contribution in [3.63, 3.8) is 0 Å². The number of urea groups is 1. The fourth-order valence-electron chi connectivity index (χ4n) is 2.22. The Kier molecular flexibility index (Phi) is 8.07. The van der Waals surface area contributed by atoms with Crippen LogP contribution in [-0.4, -0.2) is 48.0 Å². The molecule has 0 heterocycles. The Morgan fingerprint density at radius 2 is 1.76 bits per heavy atom. The van der Waals surface area contributed by atoms with Gasteiger partial charge in [0, 0.05) is 19.5 Å². The van der Waals surface area contributed by atoms with Gasteiger partial charge in [0.25, 0.3) is 0 Å². The molecule has 0 saturated carbocycles. The lowest BCUT2D eigenvalue weighted by Gasteiger charge is -2.25. The Bertz CT molecular complexity index is 582. The Balaban J connectivity index is 2.60. The molecule has 0 saturated heterocycles. The molecule has 1 rings (SSSR count). The van der Waals surface area contributed by atoms with Crippen LogP contribution in [0.3, 0.4) is 0 Å². The van der Waals surface area contributed by atoms with Gasteiger partial charge < -0.3 is 10.5 Å². The van der Waals surface area contributed by atoms with Crippen molar-refractivity contribution < 1.29 is 19.1 Å². The average molecular weight is 349 g/mol. The number of esters is 1. The van der Waals surface area contributed by atoms with Crippen LogP contribution in [0.4, 0.5) is 4.79 Å². The van der Waals surface area contributed by atoms with Gasteiger partial charge in [-0.3, -0.25) is 19.8 Å². The zero-order chi connectivity index (χ0) is 18.9. The Hall–Kier alpha value is -2.41. The molecule has 7 heteroatoms. The molecule has 0 bridgehead atoms. The predicted octanol–water partition coefficient (Wildman–Crippen LogP) is 1.46. The number of carbonyl (C=O) groups is 3. The highest BCUT2D eigenvalue weighted by molar-refractivity contribution is 5.93. The lowest BCUT2D eigenvalue weighted by Crippen LogP contribution is -2.40. The van der Waals surface area contributed by atoms with Gasteiger partial charge in [-0.1, -0.05) is 30.3 Å². The normalized spacial score (nSPS) is 11.2. The smallest absolute Gasteiger partial charge is 0.320 e. The van der Waals surface area contributed by atoms with Crippen molar-refractivity contribution in [1.29, 1.82) is 0 Å². The zero-order valence-electron chi connectivity index (χ0n) is 15.1. The number of benzene rings is 1. The second-order valence-electron chi connectivity index (χ2n) is 6.76. The first-order chi connectivity index (χ1) is 11.7. The molecule has 1 aromatic rings. The van der Waals surface area contributed by atoms with Crippen LogP contribution in [0.25, 0.3) is 0 Å². The summed E-state index contributed by atoms with van der Waals surface area (Å²) in [5.41, 5.74) is 5.50. The number of ether oxygens (including phenoxy) is 1. The number of nitrogens with zero attached hydrogens (tertiary/aromatic N) is 1. The van der Waals surface area contributed by atoms with E-state index in [0.717, 1.165) is 12.0 Å². The van der Waals surface area contributed by atoms with E-state index in [2.05, 4.69) is 0 Å². The third-order valence-electron chi connectivity index (χ3n) is 3.25. The lowest BCUT2D eigenvalue weighted by atomic mass is 10.1. The molecule has 3 amide bonds. The number of amides is 3. The summed E-state index contributed by atoms with van der Waals surface area (Å²) in [6, 6.07) is 8.97. The molecule has 0 radical (unpaired) electrons. The van der Waals surface area contributed by atoms with Crippen molar-refractivity contribution in [2.45, 2.75) is 39.2 Å². The summed E-state index contributed by atoms with van der Waals surface area (Å²) in [5, 5.41) is 2.02. The van der Waals surface area contributed by atoms with E-state index >= 15 is 0 Å². The fourth-order valence-corrected chi connectivity index (χ4v) is 2.22. The third-order valence-corrected chi connectivity index (χ3v) is 3.25. The van der Waals surface area contributed by atoms with E-state index in [9.17, 15) is 14.4 Å². The Labute approximate surface area is 148 Å². The predicted molar refractivity (Wildman–Crippen MR) is 94.8 cm³/mol. The second-order valence-corrected chi connectivity index (χ2v) is 6.76. The molecule has 7 nitrogen and oxygen atoms in total. The van der Waals surface area contributed by atoms with Gasteiger partial charge in [0.05, 0.1) is 6.54 Å². The number of nitrogens with one attached hydrogen (secondary N) is 1. The third kappa shape index (κ3) is 10.1. The summed E-state index contributed by atoms with van der Waals surface area (Å²) in [6.45, 7) is 6.41. The quantitative estimate of drug-likeness (QED) is 0.692. The fraction of sp³-hybridized carbons (Fsp3) is 0.500. The number of hydrogen-bond acceptors (Lipinski definition) is 5. The van der Waals surface area contributed by atoms with Crippen molar-refractivity contribution in [3.8, 4) is 0 Å². The molecule has 0 fully saturated rings. The van der Waals surface area contributed by atoms with E-state index in [1.807, 2.05) is 40.5 Å². The molecular weight excluding hydrogens is 322 g/mol. The highest BCUT2D eigenvalue weighted by atomic mass is 16.6. The van der Waals surface area contributed by atoms with Crippen molar-refractivity contribution in [2.75, 3.05) is 19.6 Å². The number of carbonyl (C=O) groups excluding carboxylic acids is 3. The van der Waals surface area contributed by atoms with Gasteiger partial charge in [0.1, 0.15) is 5.60 Å². The molecule has 0 aliphatic rings. The van der Waals surface area contributed by atoms with Crippen molar-refractivity contribution in [1.82, 2.24) is 10.2 Å². The first-order valence-electron chi connectivity index (χ1n) is 8.23. The first kappa shape index (κ1) is 20.6. The Morgan fingerprint density at radius 3 is 2.32 bits per heavy atom. The molecule has 0 unspecified atom stereocenters. The molecule has 0 spiro atoms. The highest BCUT2D eigenvalue weighted by Crippen LogP contribution is 2.08. The van der Waals surface area contributed by atoms with Gasteiger partial charge in [-0.2, -0.15) is 0 Å². The summed E-state index contributed by atoms with van der Waals surface area (Å²) in [4.78, 5) is 36.2. The van der Waals surface area contributed by atoms with Crippen LogP contribution in [0.5, 0.6) is 0 Å². The maximum Gasteiger partial charge on any atom is 0.320 e. The molecule has 3 N–H and O–H groups in total. The van der Waals surface area contributed by atoms with Crippen LogP contribution in [-0.2, 0) is 20.7 Å². The molecule has 1 aromatic carbocycles. The molecular formula is C18H27N3O4. The van der Waals surface area contributed by atoms with E-state index in [0.29, 0.717) is 13.1 Å². The largest absolute Gasteiger partial charge is 0.459 e. The number of rotatable bonds is 8. The van der Waals surface area contributed by atoms with Crippen molar-refractivity contribution in [2.24, 2.45) is 5.73 Å². The van der Waals surface area contributed by atoms with Gasteiger partial charge in [-0.05, 0) is 32.8 Å². The molecule has 0 aliphatic carbocycles. The maximum atomic E-state index is 12.1. The number of nitrogens with two attached hydrogens (primary N) is 1. The van der Waals surface area contributed by atoms with Crippen molar-refractivity contribution >= 4 is 17.9 Å². The van der Waals surface area contributed by atoms with Crippen molar-refractivity contribution in [3.05, 3.63) is 35.9 Å². The lowest BCUT2D eigenvalue weighted by molar-refractivity contribution is -0.156. The summed E-state index contributed by atoms with van der Waals surface area (Å²) in [7, 11) is 0. The SMILES string of the molecule is CC(C)(C)OC(=O)CN(CCC(=O)NC(N)=O)CCc1ccccc1. The molecule has 0 atom stereocenters. The highest BCUT2D eigenvalue weighted by Gasteiger charge is 2.19. The van der Waals surface area contributed by atoms with E-state index in [1.165, 1.54) is 0 Å². The summed E-state index contributed by atoms with van der Waals surface area (Å²) < 4.78 is 5.34. The minimum Gasteiger partial charge on any atom is -0.459 e. The van der Waals surface area contributed by atoms with Gasteiger partial charge in [-0.15, -0.1) is 0 Å². The van der Waals surface area contributed by atoms with Crippen LogP contribution in [0.2, 0.25) is 0 Å². The number of hydrogen-bond donors (Lipinski definition) is 2. The molecule has 25 heavy (non-hydrogen) atoms. The minimum atomic E-state index is -0.882. The minimum absolute atomic E-state index is 0.0700. The van der Waals surface area contributed by atoms with Gasteiger partial charge in [-0.25, -0.2) is 4.79 Å². The number of imide groups is 1. The topological polar surface area (TPSA) is 102 Å². The zero-order valence-corrected chi connectivity index (χ0v) is 15.1. The maximum absolute atomic E-state index is 12.1. The first-order valence-corrected chi connectivity index (χ1v) is 8.23. The summed E-state index contributed by atoms with van der Waals surface area (Å²) >= 11 is 0. The molecule has 0 aromatic heterocycles. The van der Waals surface area contributed by atoms with E-state index in [-0.39, 0.29) is 18.9 Å². The van der Waals surface area contributed by atoms with Crippen LogP contribution in [0, 0.1) is 0 Å². The number of primary amides is 1. The average Bonchev–Trinajstić information content (AvgIpc) is 2.48. The monoisotopic (exact) mass is 349 g/mol. The van der Waals surface area contributed by atoms with E-state index in [4.69, 9.17) is 10.5 Å². The van der Waals surface area contributed by atoms with Gasteiger partial charge in [0.15, 0.2) is 0 Å². The van der Waals surface area contributed by atoms with Gasteiger partial charge in [0.2, 0.25) is 5.91 Å². The molecule has 138 valence electrons. The van der Waals surface area contributed by atoms with E-state index < -0.39 is 17.5 Å². The second kappa shape index (κ2) is 9.78.